The molecule has 0 fully saturated rings. The molecule has 97 heavy (non-hydrogen) atoms. The van der Waals surface area contributed by atoms with Gasteiger partial charge in [-0.15, -0.1) is 0 Å². The van der Waals surface area contributed by atoms with Gasteiger partial charge in [-0.3, -0.25) is 62.3 Å². The summed E-state index contributed by atoms with van der Waals surface area (Å²) in [5.74, 6) is -10.6. The van der Waals surface area contributed by atoms with Crippen LogP contribution in [0, 0.1) is 17.8 Å². The Kier molecular flexibility index (Phi) is 42.4. The predicted molar refractivity (Wildman–Crippen MR) is 367 cm³/mol. The van der Waals surface area contributed by atoms with Crippen molar-refractivity contribution in [2.45, 2.75) is 257 Å². The highest BCUT2D eigenvalue weighted by Gasteiger charge is 2.36. The zero-order valence-corrected chi connectivity index (χ0v) is 58.9. The van der Waals surface area contributed by atoms with Crippen LogP contribution in [0.3, 0.4) is 0 Å². The topological polar surface area (TPSA) is 517 Å². The first-order valence-electron chi connectivity index (χ1n) is 34.2. The first-order chi connectivity index (χ1) is 45.7. The smallest absolute Gasteiger partial charge is 0.325 e. The zero-order valence-electron chi connectivity index (χ0n) is 58.9. The monoisotopic (exact) mass is 1370 g/mol. The van der Waals surface area contributed by atoms with Gasteiger partial charge >= 0.3 is 5.97 Å². The van der Waals surface area contributed by atoms with Gasteiger partial charge in [-0.25, -0.2) is 0 Å². The summed E-state index contributed by atoms with van der Waals surface area (Å²) in [6.45, 7) is 18.9. The molecular formula is C66H117N17O14. The molecule has 1 aromatic carbocycles. The third kappa shape index (κ3) is 35.3. The molecule has 0 radical (unpaired) electrons. The highest BCUT2D eigenvalue weighted by atomic mass is 16.4. The average molecular weight is 1370 g/mol. The molecule has 0 bridgehead atoms. The van der Waals surface area contributed by atoms with Crippen molar-refractivity contribution in [3.8, 4) is 0 Å². The molecule has 0 aliphatic rings. The number of carboxylic acids is 1. The molecule has 31 nitrogen and oxygen atoms in total. The molecule has 0 aliphatic heterocycles. The van der Waals surface area contributed by atoms with Gasteiger partial charge in [0, 0.05) is 0 Å². The normalized spacial score (nSPS) is 15.3. The highest BCUT2D eigenvalue weighted by Crippen LogP contribution is 2.14. The van der Waals surface area contributed by atoms with E-state index >= 15 is 0 Å². The lowest BCUT2D eigenvalue weighted by Crippen LogP contribution is -2.60. The summed E-state index contributed by atoms with van der Waals surface area (Å²) >= 11 is 0. The van der Waals surface area contributed by atoms with E-state index in [9.17, 15) is 67.4 Å². The maximum absolute atomic E-state index is 14.3. The third-order valence-corrected chi connectivity index (χ3v) is 15.7. The molecule has 0 spiro atoms. The van der Waals surface area contributed by atoms with Gasteiger partial charge in [-0.1, -0.05) is 71.9 Å². The van der Waals surface area contributed by atoms with Crippen molar-refractivity contribution >= 4 is 76.9 Å². The van der Waals surface area contributed by atoms with Crippen LogP contribution in [0.4, 0.5) is 0 Å². The Labute approximate surface area is 572 Å². The van der Waals surface area contributed by atoms with Crippen LogP contribution in [0.25, 0.3) is 0 Å². The lowest BCUT2D eigenvalue weighted by molar-refractivity contribution is -0.142. The maximum Gasteiger partial charge on any atom is 0.325 e. The van der Waals surface area contributed by atoms with Crippen LogP contribution >= 0.6 is 0 Å². The van der Waals surface area contributed by atoms with Crippen LogP contribution < -0.4 is 92.5 Å². The Balaban J connectivity index is 3.30. The van der Waals surface area contributed by atoms with Crippen molar-refractivity contribution < 1.29 is 67.4 Å². The summed E-state index contributed by atoms with van der Waals surface area (Å²) in [5, 5.41) is 40.9. The minimum atomic E-state index is -1.30. The molecule has 13 atom stereocenters. The van der Waals surface area contributed by atoms with Gasteiger partial charge in [0.15, 0.2) is 0 Å². The number of nitrogens with two attached hydrogens (primary N) is 5. The lowest BCUT2D eigenvalue weighted by Gasteiger charge is -2.28. The molecule has 31 heteroatoms. The molecule has 12 amide bonds. The Morgan fingerprint density at radius 1 is 0.309 bits per heavy atom. The Bertz CT molecular complexity index is 2670. The van der Waals surface area contributed by atoms with E-state index in [-0.39, 0.29) is 82.2 Å². The number of benzene rings is 1. The second-order valence-electron chi connectivity index (χ2n) is 26.2. The maximum atomic E-state index is 14.3. The molecule has 0 saturated carbocycles. The fourth-order valence-corrected chi connectivity index (χ4v) is 10.0. The van der Waals surface area contributed by atoms with Crippen molar-refractivity contribution in [1.82, 2.24) is 63.8 Å². The predicted octanol–water partition coefficient (Wildman–Crippen LogP) is -1.79. The van der Waals surface area contributed by atoms with Crippen LogP contribution in [-0.2, 0) is 68.7 Å². The van der Waals surface area contributed by atoms with E-state index in [0.717, 1.165) is 5.56 Å². The molecule has 1 rings (SSSR count). The number of carbonyl (C=O) groups excluding carboxylic acids is 12. The van der Waals surface area contributed by atoms with Gasteiger partial charge in [-0.2, -0.15) is 0 Å². The number of carbonyl (C=O) groups is 13. The second-order valence-corrected chi connectivity index (χ2v) is 26.2. The van der Waals surface area contributed by atoms with Gasteiger partial charge in [0.05, 0.1) is 6.04 Å². The van der Waals surface area contributed by atoms with E-state index in [1.807, 2.05) is 58.0 Å². The molecule has 1 aromatic rings. The lowest BCUT2D eigenvalue weighted by atomic mass is 9.99. The molecule has 0 aromatic heterocycles. The summed E-state index contributed by atoms with van der Waals surface area (Å²) in [6, 6.07) is -6.52. The summed E-state index contributed by atoms with van der Waals surface area (Å²) in [4.78, 5) is 177. The van der Waals surface area contributed by atoms with Crippen LogP contribution in [0.2, 0.25) is 0 Å². The molecule has 23 N–H and O–H groups in total. The molecule has 0 saturated heterocycles. The zero-order chi connectivity index (χ0) is 73.5. The largest absolute Gasteiger partial charge is 0.480 e. The van der Waals surface area contributed by atoms with Crippen molar-refractivity contribution in [2.75, 3.05) is 26.2 Å². The first-order valence-corrected chi connectivity index (χ1v) is 34.2. The standard InChI is InChI=1S/C66H117N17O14/c1-37(2)33-51(63(93)74-42(9)56(86)77-47(25-15-19-29-67)59(89)73-41(8)55(85)78-48(26-16-20-30-68)60(90)76-44(11)66(96)97)81-61(91)49(27-17-21-31-69)80-57(87)43(10)75-64(94)52(34-38(3)4)83-65(95)53(35-39(5)6)82-62(92)50(28-18-22-32-70)79-54(84)40(7)72-58(88)46(71)36-45-23-13-12-14-24-45/h12-14,23-24,37-44,46-53H,15-22,25-36,67-71H2,1-11H3,(H,72,88)(H,73,89)(H,74,93)(H,75,94)(H,76,90)(H,77,86)(H,78,85)(H,79,84)(H,80,87)(H,81,91)(H,82,92)(H,83,95)(H,96,97)/t40-,41-,42-,43-,44-,46-,47-,48-,49-,50-,51-,52-,53-/m0/s1. The fraction of sp³-hybridized carbons (Fsp3) is 0.712. The van der Waals surface area contributed by atoms with E-state index in [1.54, 1.807) is 13.8 Å². The summed E-state index contributed by atoms with van der Waals surface area (Å²) in [5.41, 5.74) is 29.9. The number of carboxylic acid groups (broad SMARTS) is 1. The van der Waals surface area contributed by atoms with E-state index in [2.05, 4.69) is 63.8 Å². The number of unbranched alkanes of at least 4 members (excludes halogenated alkanes) is 4. The Morgan fingerprint density at radius 3 is 0.794 bits per heavy atom. The van der Waals surface area contributed by atoms with E-state index in [0.29, 0.717) is 64.5 Å². The highest BCUT2D eigenvalue weighted by molar-refractivity contribution is 5.99. The molecule has 0 heterocycles. The van der Waals surface area contributed by atoms with E-state index < -0.39 is 155 Å². The fourth-order valence-electron chi connectivity index (χ4n) is 10.0. The van der Waals surface area contributed by atoms with Gasteiger partial charge in [0.1, 0.15) is 72.5 Å². The van der Waals surface area contributed by atoms with Crippen molar-refractivity contribution in [3.05, 3.63) is 35.9 Å². The first kappa shape index (κ1) is 87.1. The summed E-state index contributed by atoms with van der Waals surface area (Å²) in [6.07, 6.45) is 4.46. The average Bonchev–Trinajstić information content (AvgIpc) is 0.904. The number of rotatable bonds is 49. The summed E-state index contributed by atoms with van der Waals surface area (Å²) in [7, 11) is 0. The van der Waals surface area contributed by atoms with Crippen molar-refractivity contribution in [2.24, 2.45) is 46.4 Å². The van der Waals surface area contributed by atoms with Gasteiger partial charge in [0.25, 0.3) is 0 Å². The number of amides is 12. The summed E-state index contributed by atoms with van der Waals surface area (Å²) < 4.78 is 0. The Hall–Kier alpha value is -7.87. The Morgan fingerprint density at radius 2 is 0.536 bits per heavy atom. The van der Waals surface area contributed by atoms with Crippen molar-refractivity contribution in [1.29, 1.82) is 0 Å². The molecule has 550 valence electrons. The van der Waals surface area contributed by atoms with Crippen LogP contribution in [-0.4, -0.2) is 187 Å². The molecule has 0 unspecified atom stereocenters. The van der Waals surface area contributed by atoms with Gasteiger partial charge in [0.2, 0.25) is 70.9 Å². The van der Waals surface area contributed by atoms with Gasteiger partial charge < -0.3 is 97.6 Å². The van der Waals surface area contributed by atoms with Crippen LogP contribution in [0.15, 0.2) is 30.3 Å². The number of nitrogens with one attached hydrogen (secondary N) is 12. The number of hydrogen-bond acceptors (Lipinski definition) is 18. The van der Waals surface area contributed by atoms with E-state index in [1.165, 1.54) is 34.6 Å². The number of hydrogen-bond donors (Lipinski definition) is 18. The minimum Gasteiger partial charge on any atom is -0.480 e. The minimum absolute atomic E-state index is 0.0565. The molecular weight excluding hydrogens is 1250 g/mol. The van der Waals surface area contributed by atoms with Crippen molar-refractivity contribution in [3.63, 3.8) is 0 Å². The third-order valence-electron chi connectivity index (χ3n) is 15.7. The SMILES string of the molecule is CC(C)C[C@H](NC(=O)[C@H](CCCCN)NC(=O)[C@H](C)NC(=O)[C@H](CC(C)C)NC(=O)[C@H](CC(C)C)NC(=O)[C@H](CCCCN)NC(=O)[C@H](C)NC(=O)[C@@H](N)Cc1ccccc1)C(=O)N[C@@H](C)C(=O)N[C@@H](CCCCN)C(=O)N[C@@H](C)C(=O)N[C@@H](CCCCN)C(=O)N[C@@H](C)C(=O)O. The second kappa shape index (κ2) is 47.1. The molecule has 0 aliphatic carbocycles. The van der Waals surface area contributed by atoms with Crippen LogP contribution in [0.5, 0.6) is 0 Å². The van der Waals surface area contributed by atoms with Gasteiger partial charge in [-0.05, 0) is 187 Å². The quantitative estimate of drug-likeness (QED) is 0.0321. The van der Waals surface area contributed by atoms with E-state index in [4.69, 9.17) is 28.7 Å². The van der Waals surface area contributed by atoms with Crippen LogP contribution in [0.1, 0.15) is 178 Å². The number of aliphatic carboxylic acids is 1.